The first-order chi connectivity index (χ1) is 11.1. The van der Waals surface area contributed by atoms with Crippen LogP contribution in [0.3, 0.4) is 0 Å². The summed E-state index contributed by atoms with van der Waals surface area (Å²) in [5, 5.41) is 10.7. The molecule has 23 heavy (non-hydrogen) atoms. The van der Waals surface area contributed by atoms with Crippen molar-refractivity contribution in [3.8, 4) is 0 Å². The number of hydrogen-bond donors (Lipinski definition) is 2. The first-order valence-corrected chi connectivity index (χ1v) is 7.51. The Kier molecular flexibility index (Phi) is 6.04. The highest BCUT2D eigenvalue weighted by Gasteiger charge is 2.09. The topological polar surface area (TPSA) is 102 Å². The maximum atomic E-state index is 12.1. The predicted molar refractivity (Wildman–Crippen MR) is 84.4 cm³/mol. The monoisotopic (exact) mass is 319 g/mol. The number of aromatic nitrogens is 4. The number of rotatable bonds is 8. The first-order valence-electron chi connectivity index (χ1n) is 7.51. The standard InChI is InChI=1S/C15H21N5O3/c1-3-12-8-11(9-14(21)18-12)15(22)16-5-4-13-19-17-10-20(13)6-7-23-2/h8-10H,3-7H2,1-2H3,(H,16,22)(H,18,21). The highest BCUT2D eigenvalue weighted by atomic mass is 16.5. The summed E-state index contributed by atoms with van der Waals surface area (Å²) in [6.07, 6.45) is 2.86. The Morgan fingerprint density at radius 3 is 3.00 bits per heavy atom. The van der Waals surface area contributed by atoms with Gasteiger partial charge in [0.15, 0.2) is 0 Å². The van der Waals surface area contributed by atoms with Gasteiger partial charge in [-0.2, -0.15) is 0 Å². The molecule has 0 aliphatic rings. The third-order valence-corrected chi connectivity index (χ3v) is 3.41. The van der Waals surface area contributed by atoms with Crippen molar-refractivity contribution in [3.63, 3.8) is 0 Å². The molecule has 0 bridgehead atoms. The van der Waals surface area contributed by atoms with Crippen molar-refractivity contribution in [2.45, 2.75) is 26.3 Å². The normalized spacial score (nSPS) is 10.7. The molecule has 0 atom stereocenters. The van der Waals surface area contributed by atoms with Gasteiger partial charge in [-0.05, 0) is 12.5 Å². The second kappa shape index (κ2) is 8.23. The van der Waals surface area contributed by atoms with Crippen molar-refractivity contribution >= 4 is 5.91 Å². The number of nitrogens with zero attached hydrogens (tertiary/aromatic N) is 3. The quantitative estimate of drug-likeness (QED) is 0.721. The van der Waals surface area contributed by atoms with Gasteiger partial charge in [0.2, 0.25) is 5.56 Å². The molecule has 2 rings (SSSR count). The van der Waals surface area contributed by atoms with Crippen LogP contribution in [0.4, 0.5) is 0 Å². The van der Waals surface area contributed by atoms with E-state index in [0.717, 1.165) is 11.5 Å². The van der Waals surface area contributed by atoms with Crippen LogP contribution in [0.2, 0.25) is 0 Å². The fourth-order valence-corrected chi connectivity index (χ4v) is 2.16. The number of carbonyl (C=O) groups is 1. The lowest BCUT2D eigenvalue weighted by Gasteiger charge is -2.08. The van der Waals surface area contributed by atoms with Gasteiger partial charge in [-0.3, -0.25) is 9.59 Å². The Balaban J connectivity index is 1.91. The molecule has 0 unspecified atom stereocenters. The summed E-state index contributed by atoms with van der Waals surface area (Å²) in [4.78, 5) is 26.3. The Labute approximate surface area is 133 Å². The fraction of sp³-hybridized carbons (Fsp3) is 0.467. The van der Waals surface area contributed by atoms with Gasteiger partial charge >= 0.3 is 0 Å². The van der Waals surface area contributed by atoms with E-state index in [1.165, 1.54) is 6.07 Å². The molecule has 8 heteroatoms. The second-order valence-corrected chi connectivity index (χ2v) is 5.05. The summed E-state index contributed by atoms with van der Waals surface area (Å²) in [5.74, 6) is 0.510. The van der Waals surface area contributed by atoms with E-state index in [9.17, 15) is 9.59 Å². The molecule has 0 fully saturated rings. The number of aryl methyl sites for hydroxylation is 1. The average Bonchev–Trinajstić information content (AvgIpc) is 2.99. The predicted octanol–water partition coefficient (Wildman–Crippen LogP) is 0.148. The largest absolute Gasteiger partial charge is 0.383 e. The summed E-state index contributed by atoms with van der Waals surface area (Å²) in [6.45, 7) is 3.57. The summed E-state index contributed by atoms with van der Waals surface area (Å²) in [5.41, 5.74) is 0.835. The van der Waals surface area contributed by atoms with Crippen LogP contribution < -0.4 is 10.9 Å². The van der Waals surface area contributed by atoms with E-state index >= 15 is 0 Å². The molecule has 0 saturated carbocycles. The summed E-state index contributed by atoms with van der Waals surface area (Å²) >= 11 is 0. The van der Waals surface area contributed by atoms with Crippen molar-refractivity contribution in [3.05, 3.63) is 45.9 Å². The number of aromatic amines is 1. The van der Waals surface area contributed by atoms with Crippen LogP contribution in [-0.4, -0.2) is 45.9 Å². The molecule has 2 N–H and O–H groups in total. The lowest BCUT2D eigenvalue weighted by atomic mass is 10.2. The number of methoxy groups -OCH3 is 1. The van der Waals surface area contributed by atoms with Gasteiger partial charge in [-0.15, -0.1) is 10.2 Å². The van der Waals surface area contributed by atoms with Gasteiger partial charge in [0.05, 0.1) is 6.61 Å². The Hall–Kier alpha value is -2.48. The van der Waals surface area contributed by atoms with Crippen molar-refractivity contribution in [1.82, 2.24) is 25.1 Å². The summed E-state index contributed by atoms with van der Waals surface area (Å²) < 4.78 is 6.91. The van der Waals surface area contributed by atoms with Crippen LogP contribution in [0.25, 0.3) is 0 Å². The van der Waals surface area contributed by atoms with Crippen LogP contribution in [0, 0.1) is 0 Å². The number of carbonyl (C=O) groups excluding carboxylic acids is 1. The minimum absolute atomic E-state index is 0.270. The van der Waals surface area contributed by atoms with Crippen molar-refractivity contribution in [2.75, 3.05) is 20.3 Å². The van der Waals surface area contributed by atoms with Crippen LogP contribution in [0.5, 0.6) is 0 Å². The molecule has 8 nitrogen and oxygen atoms in total. The van der Waals surface area contributed by atoms with E-state index in [-0.39, 0.29) is 11.5 Å². The maximum Gasteiger partial charge on any atom is 0.251 e. The van der Waals surface area contributed by atoms with Crippen molar-refractivity contribution < 1.29 is 9.53 Å². The molecule has 2 heterocycles. The summed E-state index contributed by atoms with van der Waals surface area (Å²) in [6, 6.07) is 2.99. The number of hydrogen-bond acceptors (Lipinski definition) is 5. The fourth-order valence-electron chi connectivity index (χ4n) is 2.16. The Morgan fingerprint density at radius 1 is 1.43 bits per heavy atom. The minimum Gasteiger partial charge on any atom is -0.383 e. The number of ether oxygens (including phenoxy) is 1. The zero-order valence-electron chi connectivity index (χ0n) is 13.3. The molecule has 0 radical (unpaired) electrons. The SMILES string of the molecule is CCc1cc(C(=O)NCCc2nncn2CCOC)cc(=O)[nH]1. The van der Waals surface area contributed by atoms with Gasteiger partial charge in [0, 0.05) is 43.9 Å². The molecule has 2 aromatic heterocycles. The number of pyridine rings is 1. The maximum absolute atomic E-state index is 12.1. The van der Waals surface area contributed by atoms with Gasteiger partial charge in [0.25, 0.3) is 5.91 Å². The Bertz CT molecular complexity index is 707. The number of H-pyrrole nitrogens is 1. The number of nitrogens with one attached hydrogen (secondary N) is 2. The second-order valence-electron chi connectivity index (χ2n) is 5.05. The van der Waals surface area contributed by atoms with E-state index in [2.05, 4.69) is 20.5 Å². The van der Waals surface area contributed by atoms with E-state index in [1.54, 1.807) is 19.5 Å². The highest BCUT2D eigenvalue weighted by Crippen LogP contribution is 2.01. The smallest absolute Gasteiger partial charge is 0.251 e. The molecule has 1 amide bonds. The minimum atomic E-state index is -0.270. The molecule has 0 aromatic carbocycles. The molecule has 0 saturated heterocycles. The Morgan fingerprint density at radius 2 is 2.26 bits per heavy atom. The van der Waals surface area contributed by atoms with E-state index < -0.39 is 0 Å². The third kappa shape index (κ3) is 4.75. The molecule has 2 aromatic rings. The third-order valence-electron chi connectivity index (χ3n) is 3.41. The van der Waals surface area contributed by atoms with Gasteiger partial charge < -0.3 is 19.6 Å². The van der Waals surface area contributed by atoms with Crippen molar-refractivity contribution in [2.24, 2.45) is 0 Å². The van der Waals surface area contributed by atoms with Gasteiger partial charge in [-0.1, -0.05) is 6.92 Å². The zero-order chi connectivity index (χ0) is 16.7. The molecule has 124 valence electrons. The summed E-state index contributed by atoms with van der Waals surface area (Å²) in [7, 11) is 1.64. The first kappa shape index (κ1) is 16.9. The molecule has 0 aliphatic carbocycles. The van der Waals surface area contributed by atoms with Gasteiger partial charge in [0.1, 0.15) is 12.2 Å². The zero-order valence-corrected chi connectivity index (χ0v) is 13.3. The van der Waals surface area contributed by atoms with Gasteiger partial charge in [-0.25, -0.2) is 0 Å². The molecular formula is C15H21N5O3. The lowest BCUT2D eigenvalue weighted by molar-refractivity contribution is 0.0953. The van der Waals surface area contributed by atoms with E-state index in [1.807, 2.05) is 11.5 Å². The van der Waals surface area contributed by atoms with E-state index in [4.69, 9.17) is 4.74 Å². The highest BCUT2D eigenvalue weighted by molar-refractivity contribution is 5.94. The van der Waals surface area contributed by atoms with Crippen LogP contribution in [0.15, 0.2) is 23.3 Å². The molecular weight excluding hydrogens is 298 g/mol. The molecule has 0 spiro atoms. The number of amides is 1. The van der Waals surface area contributed by atoms with E-state index in [0.29, 0.717) is 38.1 Å². The van der Waals surface area contributed by atoms with Crippen LogP contribution in [-0.2, 0) is 24.1 Å². The van der Waals surface area contributed by atoms with Crippen LogP contribution >= 0.6 is 0 Å². The van der Waals surface area contributed by atoms with Crippen LogP contribution in [0.1, 0.15) is 28.8 Å². The lowest BCUT2D eigenvalue weighted by Crippen LogP contribution is -2.28. The van der Waals surface area contributed by atoms with Crippen molar-refractivity contribution in [1.29, 1.82) is 0 Å². The average molecular weight is 319 g/mol. The molecule has 0 aliphatic heterocycles.